The van der Waals surface area contributed by atoms with Crippen LogP contribution in [0.1, 0.15) is 26.7 Å². The molecule has 1 aliphatic rings. The summed E-state index contributed by atoms with van der Waals surface area (Å²) in [5.41, 5.74) is 0. The Morgan fingerprint density at radius 3 is 2.95 bits per heavy atom. The molecule has 2 unspecified atom stereocenters. The topological polar surface area (TPSA) is 67.4 Å². The van der Waals surface area contributed by atoms with Crippen molar-refractivity contribution in [2.24, 2.45) is 5.92 Å². The normalized spacial score (nSPS) is 21.0. The highest BCUT2D eigenvalue weighted by Crippen LogP contribution is 2.20. The van der Waals surface area contributed by atoms with Gasteiger partial charge in [-0.3, -0.25) is 0 Å². The minimum atomic E-state index is -3.51. The molecule has 1 fully saturated rings. The SMILES string of the molecule is CCOc1cccc(S(=O)(=O)NC(C)C2CCCNC2)c1. The van der Waals surface area contributed by atoms with Crippen LogP contribution >= 0.6 is 0 Å². The second-order valence-electron chi connectivity index (χ2n) is 5.42. The zero-order valence-electron chi connectivity index (χ0n) is 12.6. The standard InChI is InChI=1S/C15H24N2O3S/c1-3-20-14-7-4-8-15(10-14)21(18,19)17-12(2)13-6-5-9-16-11-13/h4,7-8,10,12-13,16-17H,3,5-6,9,11H2,1-2H3. The maximum Gasteiger partial charge on any atom is 0.240 e. The molecule has 5 nitrogen and oxygen atoms in total. The maximum atomic E-state index is 12.5. The van der Waals surface area contributed by atoms with Crippen LogP contribution in [-0.4, -0.2) is 34.2 Å². The Balaban J connectivity index is 2.08. The second-order valence-corrected chi connectivity index (χ2v) is 7.14. The lowest BCUT2D eigenvalue weighted by Crippen LogP contribution is -2.44. The Morgan fingerprint density at radius 2 is 2.29 bits per heavy atom. The number of sulfonamides is 1. The van der Waals surface area contributed by atoms with Gasteiger partial charge in [0.25, 0.3) is 0 Å². The first-order valence-corrected chi connectivity index (χ1v) is 8.97. The van der Waals surface area contributed by atoms with Crippen LogP contribution in [0.15, 0.2) is 29.2 Å². The van der Waals surface area contributed by atoms with Crippen molar-refractivity contribution in [1.82, 2.24) is 10.0 Å². The number of piperidine rings is 1. The highest BCUT2D eigenvalue weighted by atomic mass is 32.2. The van der Waals surface area contributed by atoms with Gasteiger partial charge in [-0.2, -0.15) is 0 Å². The highest BCUT2D eigenvalue weighted by Gasteiger charge is 2.25. The van der Waals surface area contributed by atoms with E-state index in [1.165, 1.54) is 0 Å². The predicted octanol–water partition coefficient (Wildman–Crippen LogP) is 1.75. The van der Waals surface area contributed by atoms with E-state index in [4.69, 9.17) is 4.74 Å². The van der Waals surface area contributed by atoms with E-state index in [0.717, 1.165) is 25.9 Å². The molecule has 2 atom stereocenters. The maximum absolute atomic E-state index is 12.5. The molecule has 0 aliphatic carbocycles. The number of rotatable bonds is 6. The van der Waals surface area contributed by atoms with Gasteiger partial charge in [0.15, 0.2) is 0 Å². The van der Waals surface area contributed by atoms with E-state index in [2.05, 4.69) is 10.0 Å². The third-order valence-corrected chi connectivity index (χ3v) is 5.37. The molecule has 1 heterocycles. The van der Waals surface area contributed by atoms with Crippen molar-refractivity contribution in [2.75, 3.05) is 19.7 Å². The number of ether oxygens (including phenoxy) is 1. The van der Waals surface area contributed by atoms with Crippen LogP contribution in [0.5, 0.6) is 5.75 Å². The first-order chi connectivity index (χ1) is 10.0. The lowest BCUT2D eigenvalue weighted by atomic mass is 9.94. The molecule has 0 spiro atoms. The molecule has 21 heavy (non-hydrogen) atoms. The largest absolute Gasteiger partial charge is 0.494 e. The fraction of sp³-hybridized carbons (Fsp3) is 0.600. The van der Waals surface area contributed by atoms with Crippen LogP contribution in [-0.2, 0) is 10.0 Å². The second kappa shape index (κ2) is 7.24. The van der Waals surface area contributed by atoms with Crippen molar-refractivity contribution >= 4 is 10.0 Å². The van der Waals surface area contributed by atoms with E-state index in [0.29, 0.717) is 18.3 Å². The van der Waals surface area contributed by atoms with Gasteiger partial charge in [-0.1, -0.05) is 6.07 Å². The summed E-state index contributed by atoms with van der Waals surface area (Å²) in [4.78, 5) is 0.254. The Kier molecular flexibility index (Phi) is 5.61. The zero-order chi connectivity index (χ0) is 15.3. The first kappa shape index (κ1) is 16.3. The Bertz CT molecular complexity index is 554. The van der Waals surface area contributed by atoms with Gasteiger partial charge in [0, 0.05) is 12.1 Å². The molecule has 2 rings (SSSR count). The minimum absolute atomic E-state index is 0.0847. The molecule has 0 saturated carbocycles. The summed E-state index contributed by atoms with van der Waals surface area (Å²) in [6.07, 6.45) is 2.15. The van der Waals surface area contributed by atoms with E-state index in [-0.39, 0.29) is 10.9 Å². The van der Waals surface area contributed by atoms with Crippen molar-refractivity contribution < 1.29 is 13.2 Å². The molecule has 2 N–H and O–H groups in total. The molecular formula is C15H24N2O3S. The van der Waals surface area contributed by atoms with Crippen molar-refractivity contribution in [1.29, 1.82) is 0 Å². The molecule has 0 radical (unpaired) electrons. The van der Waals surface area contributed by atoms with Crippen molar-refractivity contribution in [3.8, 4) is 5.75 Å². The van der Waals surface area contributed by atoms with Gasteiger partial charge in [-0.15, -0.1) is 0 Å². The summed E-state index contributed by atoms with van der Waals surface area (Å²) in [5.74, 6) is 0.913. The molecule has 1 saturated heterocycles. The van der Waals surface area contributed by atoms with Crippen LogP contribution in [0.4, 0.5) is 0 Å². The smallest absolute Gasteiger partial charge is 0.240 e. The number of hydrogen-bond acceptors (Lipinski definition) is 4. The monoisotopic (exact) mass is 312 g/mol. The van der Waals surface area contributed by atoms with Gasteiger partial charge in [0.2, 0.25) is 10.0 Å². The van der Waals surface area contributed by atoms with Crippen LogP contribution < -0.4 is 14.8 Å². The molecule has 0 amide bonds. The fourth-order valence-corrected chi connectivity index (χ4v) is 3.96. The molecule has 6 heteroatoms. The van der Waals surface area contributed by atoms with Crippen molar-refractivity contribution in [3.63, 3.8) is 0 Å². The van der Waals surface area contributed by atoms with Crippen LogP contribution in [0.3, 0.4) is 0 Å². The third-order valence-electron chi connectivity index (χ3n) is 3.81. The molecule has 1 aromatic carbocycles. The van der Waals surface area contributed by atoms with E-state index in [1.807, 2.05) is 13.8 Å². The molecular weight excluding hydrogens is 288 g/mol. The fourth-order valence-electron chi connectivity index (χ4n) is 2.61. The van der Waals surface area contributed by atoms with E-state index in [1.54, 1.807) is 24.3 Å². The van der Waals surface area contributed by atoms with E-state index >= 15 is 0 Å². The first-order valence-electron chi connectivity index (χ1n) is 7.49. The van der Waals surface area contributed by atoms with Crippen LogP contribution in [0.2, 0.25) is 0 Å². The van der Waals surface area contributed by atoms with Gasteiger partial charge in [-0.05, 0) is 57.8 Å². The minimum Gasteiger partial charge on any atom is -0.494 e. The number of nitrogens with one attached hydrogen (secondary N) is 2. The van der Waals surface area contributed by atoms with Crippen LogP contribution in [0, 0.1) is 5.92 Å². The predicted molar refractivity (Wildman–Crippen MR) is 83.0 cm³/mol. The summed E-state index contributed by atoms with van der Waals surface area (Å²) in [7, 11) is -3.51. The van der Waals surface area contributed by atoms with Crippen LogP contribution in [0.25, 0.3) is 0 Å². The summed E-state index contributed by atoms with van der Waals surface area (Å²) < 4.78 is 33.1. The molecule has 0 aromatic heterocycles. The van der Waals surface area contributed by atoms with E-state index < -0.39 is 10.0 Å². The summed E-state index contributed by atoms with van der Waals surface area (Å²) >= 11 is 0. The van der Waals surface area contributed by atoms with Crippen molar-refractivity contribution in [2.45, 2.75) is 37.6 Å². The molecule has 118 valence electrons. The van der Waals surface area contributed by atoms with Crippen molar-refractivity contribution in [3.05, 3.63) is 24.3 Å². The molecule has 1 aromatic rings. The van der Waals surface area contributed by atoms with Gasteiger partial charge in [-0.25, -0.2) is 13.1 Å². The number of hydrogen-bond donors (Lipinski definition) is 2. The van der Waals surface area contributed by atoms with E-state index in [9.17, 15) is 8.42 Å². The lowest BCUT2D eigenvalue weighted by molar-refractivity contribution is 0.320. The highest BCUT2D eigenvalue weighted by molar-refractivity contribution is 7.89. The quantitative estimate of drug-likeness (QED) is 0.840. The Hall–Kier alpha value is -1.11. The Morgan fingerprint density at radius 1 is 1.48 bits per heavy atom. The van der Waals surface area contributed by atoms with Gasteiger partial charge >= 0.3 is 0 Å². The molecule has 1 aliphatic heterocycles. The summed E-state index contributed by atoms with van der Waals surface area (Å²) in [5, 5.41) is 3.31. The average Bonchev–Trinajstić information content (AvgIpc) is 2.48. The molecule has 0 bridgehead atoms. The zero-order valence-corrected chi connectivity index (χ0v) is 13.4. The Labute approximate surface area is 127 Å². The lowest BCUT2D eigenvalue weighted by Gasteiger charge is -2.28. The van der Waals surface area contributed by atoms with Gasteiger partial charge < -0.3 is 10.1 Å². The average molecular weight is 312 g/mol. The summed E-state index contributed by atoms with van der Waals surface area (Å²) in [6.45, 7) is 6.20. The van der Waals surface area contributed by atoms with Gasteiger partial charge in [0.05, 0.1) is 11.5 Å². The number of benzene rings is 1. The van der Waals surface area contributed by atoms with Gasteiger partial charge in [0.1, 0.15) is 5.75 Å². The summed E-state index contributed by atoms with van der Waals surface area (Å²) in [6, 6.07) is 6.54. The third kappa shape index (κ3) is 4.43.